The summed E-state index contributed by atoms with van der Waals surface area (Å²) < 4.78 is 11.7. The summed E-state index contributed by atoms with van der Waals surface area (Å²) in [6.45, 7) is 4.69. The second kappa shape index (κ2) is 10.4. The minimum absolute atomic E-state index is 0.250. The third-order valence-corrected chi connectivity index (χ3v) is 8.92. The molecule has 0 aliphatic heterocycles. The highest BCUT2D eigenvalue weighted by Gasteiger charge is 2.46. The van der Waals surface area contributed by atoms with E-state index in [0.29, 0.717) is 0 Å². The van der Waals surface area contributed by atoms with Crippen molar-refractivity contribution in [2.24, 2.45) is 0 Å². The van der Waals surface area contributed by atoms with Crippen molar-refractivity contribution in [3.63, 3.8) is 0 Å². The van der Waals surface area contributed by atoms with Gasteiger partial charge < -0.3 is 9.47 Å². The van der Waals surface area contributed by atoms with Crippen LogP contribution in [0.3, 0.4) is 0 Å². The summed E-state index contributed by atoms with van der Waals surface area (Å²) in [6.07, 6.45) is 10.9. The van der Waals surface area contributed by atoms with Crippen LogP contribution in [0.2, 0.25) is 0 Å². The number of fused-ring (bicyclic) bond motifs is 5. The monoisotopic (exact) mass is 554 g/mol. The second-order valence-corrected chi connectivity index (χ2v) is 11.1. The number of aryl methyl sites for hydroxylation is 2. The molecule has 0 radical (unpaired) electrons. The first kappa shape index (κ1) is 26.5. The third-order valence-electron chi connectivity index (χ3n) is 8.92. The van der Waals surface area contributed by atoms with Gasteiger partial charge in [0.1, 0.15) is 24.7 Å². The molecule has 0 atom stereocenters. The summed E-state index contributed by atoms with van der Waals surface area (Å²) in [5, 5.41) is 4.63. The molecule has 0 unspecified atom stereocenters. The predicted octanol–water partition coefficient (Wildman–Crippen LogP) is 9.00. The molecule has 0 N–H and O–H groups in total. The van der Waals surface area contributed by atoms with Crippen molar-refractivity contribution in [3.8, 4) is 47.3 Å². The van der Waals surface area contributed by atoms with E-state index >= 15 is 0 Å². The van der Waals surface area contributed by atoms with Crippen LogP contribution in [-0.4, -0.2) is 13.2 Å². The van der Waals surface area contributed by atoms with Crippen LogP contribution >= 0.6 is 0 Å². The Morgan fingerprint density at radius 3 is 1.44 bits per heavy atom. The van der Waals surface area contributed by atoms with Crippen molar-refractivity contribution in [1.82, 2.24) is 0 Å². The largest absolute Gasteiger partial charge is 0.481 e. The zero-order chi connectivity index (χ0) is 29.6. The molecule has 0 aromatic heterocycles. The lowest BCUT2D eigenvalue weighted by Crippen LogP contribution is -2.28. The first-order chi connectivity index (χ1) is 21.1. The molecule has 206 valence electrons. The van der Waals surface area contributed by atoms with Gasteiger partial charge in [0.05, 0.1) is 5.41 Å². The topological polar surface area (TPSA) is 18.5 Å². The number of ether oxygens (including phenoxy) is 2. The lowest BCUT2D eigenvalue weighted by atomic mass is 9.67. The molecule has 0 heterocycles. The summed E-state index contributed by atoms with van der Waals surface area (Å²) in [6, 6.07) is 39.7. The van der Waals surface area contributed by atoms with E-state index < -0.39 is 5.41 Å². The van der Waals surface area contributed by atoms with Gasteiger partial charge in [-0.3, -0.25) is 0 Å². The summed E-state index contributed by atoms with van der Waals surface area (Å²) in [5.41, 5.74) is 9.21. The molecule has 0 fully saturated rings. The van der Waals surface area contributed by atoms with E-state index in [9.17, 15) is 0 Å². The molecule has 43 heavy (non-hydrogen) atoms. The summed E-state index contributed by atoms with van der Waals surface area (Å²) in [4.78, 5) is 0. The molecule has 1 aliphatic carbocycles. The Morgan fingerprint density at radius 1 is 0.558 bits per heavy atom. The quantitative estimate of drug-likeness (QED) is 0.191. The van der Waals surface area contributed by atoms with Gasteiger partial charge in [-0.05, 0) is 104 Å². The third kappa shape index (κ3) is 3.99. The van der Waals surface area contributed by atoms with Crippen LogP contribution in [0, 0.1) is 38.5 Å². The van der Waals surface area contributed by atoms with E-state index in [1.165, 1.54) is 33.4 Å². The molecule has 7 rings (SSSR count). The van der Waals surface area contributed by atoms with E-state index in [1.54, 1.807) is 0 Å². The zero-order valence-electron chi connectivity index (χ0n) is 24.3. The van der Waals surface area contributed by atoms with Gasteiger partial charge in [0, 0.05) is 0 Å². The van der Waals surface area contributed by atoms with Crippen LogP contribution < -0.4 is 9.47 Å². The Morgan fingerprint density at radius 2 is 1.00 bits per heavy atom. The average Bonchev–Trinajstić information content (AvgIpc) is 3.35. The van der Waals surface area contributed by atoms with Gasteiger partial charge in [-0.1, -0.05) is 96.8 Å². The van der Waals surface area contributed by atoms with Crippen molar-refractivity contribution < 1.29 is 9.47 Å². The molecule has 6 aromatic rings. The number of terminal acetylenes is 2. The maximum absolute atomic E-state index is 5.83. The first-order valence-electron chi connectivity index (χ1n) is 14.5. The minimum atomic E-state index is -0.505. The van der Waals surface area contributed by atoms with Crippen LogP contribution in [0.25, 0.3) is 32.7 Å². The van der Waals surface area contributed by atoms with Gasteiger partial charge in [0.25, 0.3) is 0 Å². The molecule has 0 bridgehead atoms. The van der Waals surface area contributed by atoms with Crippen LogP contribution in [0.5, 0.6) is 11.5 Å². The summed E-state index contributed by atoms with van der Waals surface area (Å²) in [5.74, 6) is 6.78. The maximum Gasteiger partial charge on any atom is 0.148 e. The molecule has 0 amide bonds. The van der Waals surface area contributed by atoms with Gasteiger partial charge in [-0.15, -0.1) is 12.8 Å². The molecule has 1 aliphatic rings. The number of hydrogen-bond donors (Lipinski definition) is 0. The van der Waals surface area contributed by atoms with Gasteiger partial charge in [-0.25, -0.2) is 0 Å². The van der Waals surface area contributed by atoms with E-state index in [2.05, 4.69) is 123 Å². The van der Waals surface area contributed by atoms with Crippen molar-refractivity contribution in [2.75, 3.05) is 13.2 Å². The molecule has 0 spiro atoms. The first-order valence-corrected chi connectivity index (χ1v) is 14.5. The van der Waals surface area contributed by atoms with Crippen LogP contribution in [0.1, 0.15) is 33.4 Å². The van der Waals surface area contributed by atoms with E-state index in [-0.39, 0.29) is 13.2 Å². The highest BCUT2D eigenvalue weighted by molar-refractivity contribution is 5.94. The van der Waals surface area contributed by atoms with Gasteiger partial charge in [-0.2, -0.15) is 0 Å². The number of rotatable bonds is 6. The Balaban J connectivity index is 1.51. The summed E-state index contributed by atoms with van der Waals surface area (Å²) >= 11 is 0. The normalized spacial score (nSPS) is 12.7. The second-order valence-electron chi connectivity index (χ2n) is 11.1. The van der Waals surface area contributed by atoms with Crippen LogP contribution in [0.4, 0.5) is 0 Å². The van der Waals surface area contributed by atoms with E-state index in [0.717, 1.165) is 44.2 Å². The van der Waals surface area contributed by atoms with Gasteiger partial charge >= 0.3 is 0 Å². The Hall–Kier alpha value is -5.44. The standard InChI is InChI=1S/C41H30O2/c1-5-23-42-39-21-15-29-25-31(17-19-33(29)27(39)3)41(37-13-9-7-11-35(37)36-12-8-10-14-38(36)41)32-18-20-34-28(4)40(43-24-6-2)22-16-30(34)26-32/h1-2,7-22,25-26H,23-24H2,3-4H3. The van der Waals surface area contributed by atoms with Crippen LogP contribution in [0.15, 0.2) is 109 Å². The van der Waals surface area contributed by atoms with E-state index in [4.69, 9.17) is 22.3 Å². The van der Waals surface area contributed by atoms with Crippen molar-refractivity contribution in [1.29, 1.82) is 0 Å². The fourth-order valence-corrected chi connectivity index (χ4v) is 6.97. The molecule has 2 nitrogen and oxygen atoms in total. The van der Waals surface area contributed by atoms with Crippen LogP contribution in [-0.2, 0) is 5.41 Å². The fourth-order valence-electron chi connectivity index (χ4n) is 6.97. The van der Waals surface area contributed by atoms with Crippen molar-refractivity contribution >= 4 is 21.5 Å². The Bertz CT molecular complexity index is 1980. The maximum atomic E-state index is 5.83. The molecule has 6 aromatic carbocycles. The van der Waals surface area contributed by atoms with Crippen molar-refractivity contribution in [2.45, 2.75) is 19.3 Å². The molecule has 0 saturated carbocycles. The SMILES string of the molecule is C#CCOc1ccc2cc(C3(c4ccc5c(C)c(OCC#C)ccc5c4)c4ccccc4-c4ccccc43)ccc2c1C. The molecule has 0 saturated heterocycles. The van der Waals surface area contributed by atoms with Gasteiger partial charge in [0.2, 0.25) is 0 Å². The average molecular weight is 555 g/mol. The van der Waals surface area contributed by atoms with Gasteiger partial charge in [0.15, 0.2) is 0 Å². The highest BCUT2D eigenvalue weighted by Crippen LogP contribution is 2.56. The predicted molar refractivity (Wildman–Crippen MR) is 177 cm³/mol. The Kier molecular flexibility index (Phi) is 6.42. The molecular weight excluding hydrogens is 524 g/mol. The molecule has 2 heteroatoms. The highest BCUT2D eigenvalue weighted by atomic mass is 16.5. The molecular formula is C41H30O2. The minimum Gasteiger partial charge on any atom is -0.481 e. The lowest BCUT2D eigenvalue weighted by Gasteiger charge is -2.34. The lowest BCUT2D eigenvalue weighted by molar-refractivity contribution is 0.368. The summed E-state index contributed by atoms with van der Waals surface area (Å²) in [7, 11) is 0. The number of hydrogen-bond acceptors (Lipinski definition) is 2. The van der Waals surface area contributed by atoms with Crippen molar-refractivity contribution in [3.05, 3.63) is 143 Å². The fraction of sp³-hybridized carbons (Fsp3) is 0.122. The smallest absolute Gasteiger partial charge is 0.148 e. The zero-order valence-corrected chi connectivity index (χ0v) is 24.3. The van der Waals surface area contributed by atoms with E-state index in [1.807, 2.05) is 12.1 Å². The number of benzene rings is 6. The Labute approximate surface area is 252 Å².